The van der Waals surface area contributed by atoms with Gasteiger partial charge in [0.05, 0.1) is 6.61 Å². The molecule has 3 rings (SSSR count). The second kappa shape index (κ2) is 5.80. The maximum atomic E-state index is 12.3. The summed E-state index contributed by atoms with van der Waals surface area (Å²) in [5, 5.41) is 3.64. The van der Waals surface area contributed by atoms with Gasteiger partial charge in [-0.3, -0.25) is 4.79 Å². The predicted molar refractivity (Wildman–Crippen MR) is 73.8 cm³/mol. The largest absolute Gasteiger partial charge is 0.381 e. The van der Waals surface area contributed by atoms with Gasteiger partial charge in [-0.1, -0.05) is 0 Å². The molecule has 2 bridgehead atoms. The molecule has 1 N–H and O–H groups in total. The Labute approximate surface area is 115 Å². The zero-order chi connectivity index (χ0) is 13.2. The average molecular weight is 266 g/mol. The summed E-state index contributed by atoms with van der Waals surface area (Å²) >= 11 is 0. The van der Waals surface area contributed by atoms with Crippen LogP contribution in [0.2, 0.25) is 0 Å². The van der Waals surface area contributed by atoms with Gasteiger partial charge in [-0.15, -0.1) is 0 Å². The minimum atomic E-state index is 0.332. The lowest BCUT2D eigenvalue weighted by atomic mass is 9.89. The van der Waals surface area contributed by atoms with E-state index in [-0.39, 0.29) is 0 Å². The van der Waals surface area contributed by atoms with Crippen LogP contribution >= 0.6 is 0 Å². The molecule has 0 radical (unpaired) electrons. The molecule has 4 nitrogen and oxygen atoms in total. The smallest absolute Gasteiger partial charge is 0.222 e. The molecule has 3 unspecified atom stereocenters. The van der Waals surface area contributed by atoms with Crippen LogP contribution in [-0.2, 0) is 9.53 Å². The monoisotopic (exact) mass is 266 g/mol. The number of fused-ring (bicyclic) bond motifs is 2. The molecule has 0 aromatic heterocycles. The number of hydrogen-bond donors (Lipinski definition) is 1. The molecular formula is C15H26N2O2. The zero-order valence-corrected chi connectivity index (χ0v) is 11.9. The summed E-state index contributed by atoms with van der Waals surface area (Å²) in [6.07, 6.45) is 6.87. The average Bonchev–Trinajstić information content (AvgIpc) is 2.99. The first kappa shape index (κ1) is 13.4. The van der Waals surface area contributed by atoms with E-state index in [1.165, 1.54) is 25.7 Å². The van der Waals surface area contributed by atoms with Crippen LogP contribution in [0.15, 0.2) is 0 Å². The summed E-state index contributed by atoms with van der Waals surface area (Å²) in [5.41, 5.74) is 0. The summed E-state index contributed by atoms with van der Waals surface area (Å²) in [6, 6.07) is 1.37. The summed E-state index contributed by atoms with van der Waals surface area (Å²) in [6.45, 7) is 2.57. The van der Waals surface area contributed by atoms with E-state index in [4.69, 9.17) is 4.74 Å². The number of rotatable bonds is 4. The summed E-state index contributed by atoms with van der Waals surface area (Å²) < 4.78 is 5.38. The van der Waals surface area contributed by atoms with Gasteiger partial charge in [0.15, 0.2) is 0 Å². The van der Waals surface area contributed by atoms with Crippen molar-refractivity contribution in [1.82, 2.24) is 10.2 Å². The molecule has 19 heavy (non-hydrogen) atoms. The van der Waals surface area contributed by atoms with Crippen LogP contribution in [0.4, 0.5) is 0 Å². The normalized spacial score (nSPS) is 37.5. The Hall–Kier alpha value is -0.610. The van der Waals surface area contributed by atoms with E-state index in [0.717, 1.165) is 32.6 Å². The molecule has 3 saturated heterocycles. The fourth-order valence-electron chi connectivity index (χ4n) is 3.96. The summed E-state index contributed by atoms with van der Waals surface area (Å²) in [4.78, 5) is 14.2. The van der Waals surface area contributed by atoms with Crippen LogP contribution < -0.4 is 5.32 Å². The summed E-state index contributed by atoms with van der Waals surface area (Å²) in [5.74, 6) is 1.49. The van der Waals surface area contributed by atoms with Crippen LogP contribution in [0.25, 0.3) is 0 Å². The molecular weight excluding hydrogens is 240 g/mol. The highest BCUT2D eigenvalue weighted by Crippen LogP contribution is 2.33. The Morgan fingerprint density at radius 2 is 1.95 bits per heavy atom. The van der Waals surface area contributed by atoms with E-state index >= 15 is 0 Å². The van der Waals surface area contributed by atoms with Gasteiger partial charge in [-0.05, 0) is 38.0 Å². The zero-order valence-electron chi connectivity index (χ0n) is 11.9. The van der Waals surface area contributed by atoms with E-state index < -0.39 is 0 Å². The quantitative estimate of drug-likeness (QED) is 0.836. The van der Waals surface area contributed by atoms with Gasteiger partial charge in [0.1, 0.15) is 0 Å². The Bertz CT molecular complexity index is 316. The molecule has 0 aromatic carbocycles. The van der Waals surface area contributed by atoms with Gasteiger partial charge in [-0.2, -0.15) is 0 Å². The first-order valence-corrected chi connectivity index (χ1v) is 7.78. The van der Waals surface area contributed by atoms with Gasteiger partial charge in [0.25, 0.3) is 0 Å². The minimum absolute atomic E-state index is 0.332. The van der Waals surface area contributed by atoms with Crippen molar-refractivity contribution in [2.45, 2.75) is 50.6 Å². The lowest BCUT2D eigenvalue weighted by Gasteiger charge is -2.30. The molecule has 0 aliphatic carbocycles. The molecule has 1 amide bonds. The van der Waals surface area contributed by atoms with Crippen LogP contribution in [0.3, 0.4) is 0 Å². The number of piperidine rings is 1. The van der Waals surface area contributed by atoms with Gasteiger partial charge < -0.3 is 15.0 Å². The van der Waals surface area contributed by atoms with Crippen LogP contribution in [-0.4, -0.2) is 49.7 Å². The third-order valence-corrected chi connectivity index (χ3v) is 5.02. The Balaban J connectivity index is 1.44. The van der Waals surface area contributed by atoms with Crippen molar-refractivity contribution in [2.24, 2.45) is 11.8 Å². The third-order valence-electron chi connectivity index (χ3n) is 5.02. The van der Waals surface area contributed by atoms with E-state index in [2.05, 4.69) is 5.32 Å². The number of nitrogens with one attached hydrogen (secondary N) is 1. The van der Waals surface area contributed by atoms with Crippen molar-refractivity contribution in [3.63, 3.8) is 0 Å². The van der Waals surface area contributed by atoms with Crippen molar-refractivity contribution in [1.29, 1.82) is 0 Å². The molecule has 3 aliphatic heterocycles. The SMILES string of the molecule is CN(CC1CCOC1)C(=O)CC1CC2CCC(C1)N2. The maximum absolute atomic E-state index is 12.3. The molecule has 3 atom stereocenters. The number of carbonyl (C=O) groups excluding carboxylic acids is 1. The Morgan fingerprint density at radius 3 is 2.58 bits per heavy atom. The molecule has 0 saturated carbocycles. The molecule has 108 valence electrons. The van der Waals surface area contributed by atoms with Crippen LogP contribution in [0.5, 0.6) is 0 Å². The standard InChI is InChI=1S/C15H26N2O2/c1-17(9-11-4-5-19-10-11)15(18)8-12-6-13-2-3-14(7-12)16-13/h11-14,16H,2-10H2,1H3. The maximum Gasteiger partial charge on any atom is 0.222 e. The number of carbonyl (C=O) groups is 1. The number of hydrogen-bond acceptors (Lipinski definition) is 3. The number of amides is 1. The van der Waals surface area contributed by atoms with Crippen molar-refractivity contribution in [3.8, 4) is 0 Å². The second-order valence-corrected chi connectivity index (χ2v) is 6.68. The Kier molecular flexibility index (Phi) is 4.08. The molecule has 0 aromatic rings. The number of nitrogens with zero attached hydrogens (tertiary/aromatic N) is 1. The number of ether oxygens (including phenoxy) is 1. The van der Waals surface area contributed by atoms with Crippen molar-refractivity contribution in [2.75, 3.05) is 26.8 Å². The van der Waals surface area contributed by atoms with Crippen LogP contribution in [0, 0.1) is 11.8 Å². The van der Waals surface area contributed by atoms with E-state index in [0.29, 0.717) is 29.8 Å². The Morgan fingerprint density at radius 1 is 1.21 bits per heavy atom. The molecule has 3 fully saturated rings. The van der Waals surface area contributed by atoms with E-state index in [1.54, 1.807) is 0 Å². The molecule has 4 heteroatoms. The van der Waals surface area contributed by atoms with Gasteiger partial charge in [0, 0.05) is 44.6 Å². The minimum Gasteiger partial charge on any atom is -0.381 e. The fraction of sp³-hybridized carbons (Fsp3) is 0.933. The first-order chi connectivity index (χ1) is 9.20. The van der Waals surface area contributed by atoms with Gasteiger partial charge in [0.2, 0.25) is 5.91 Å². The second-order valence-electron chi connectivity index (χ2n) is 6.68. The van der Waals surface area contributed by atoms with Crippen molar-refractivity contribution < 1.29 is 9.53 Å². The third kappa shape index (κ3) is 3.29. The lowest BCUT2D eigenvalue weighted by molar-refractivity contribution is -0.131. The highest BCUT2D eigenvalue weighted by Gasteiger charge is 2.34. The molecule has 0 spiro atoms. The van der Waals surface area contributed by atoms with Crippen LogP contribution in [0.1, 0.15) is 38.5 Å². The first-order valence-electron chi connectivity index (χ1n) is 7.78. The van der Waals surface area contributed by atoms with E-state index in [9.17, 15) is 4.79 Å². The molecule has 3 aliphatic rings. The topological polar surface area (TPSA) is 41.6 Å². The fourth-order valence-corrected chi connectivity index (χ4v) is 3.96. The summed E-state index contributed by atoms with van der Waals surface area (Å²) in [7, 11) is 1.95. The van der Waals surface area contributed by atoms with Crippen molar-refractivity contribution in [3.05, 3.63) is 0 Å². The highest BCUT2D eigenvalue weighted by atomic mass is 16.5. The predicted octanol–water partition coefficient (Wildman–Crippen LogP) is 1.40. The lowest BCUT2D eigenvalue weighted by Crippen LogP contribution is -2.40. The molecule has 3 heterocycles. The van der Waals surface area contributed by atoms with Gasteiger partial charge >= 0.3 is 0 Å². The highest BCUT2D eigenvalue weighted by molar-refractivity contribution is 5.76. The van der Waals surface area contributed by atoms with Crippen molar-refractivity contribution >= 4 is 5.91 Å². The van der Waals surface area contributed by atoms with Gasteiger partial charge in [-0.25, -0.2) is 0 Å². The van der Waals surface area contributed by atoms with E-state index in [1.807, 2.05) is 11.9 Å².